The lowest BCUT2D eigenvalue weighted by molar-refractivity contribution is -0.119. The number of carbonyl (C=O) groups is 1. The predicted molar refractivity (Wildman–Crippen MR) is 86.9 cm³/mol. The van der Waals surface area contributed by atoms with E-state index in [1.165, 1.54) is 11.8 Å². The van der Waals surface area contributed by atoms with Crippen LogP contribution in [0.15, 0.2) is 35.6 Å². The highest BCUT2D eigenvalue weighted by molar-refractivity contribution is 8.00. The standard InChI is InChI=1S/C15H17N5OS/c1-3-10(2)17-13(21)8-22-15-14-19-16-9-20(14)12-7-5-4-6-11(12)18-15/h4-7,9-10H,3,8H2,1-2H3,(H,17,21)/t10-/m0/s1. The van der Waals surface area contributed by atoms with Crippen LogP contribution in [0.1, 0.15) is 20.3 Å². The number of nitrogens with zero attached hydrogens (tertiary/aromatic N) is 4. The lowest BCUT2D eigenvalue weighted by Crippen LogP contribution is -2.33. The van der Waals surface area contributed by atoms with Crippen molar-refractivity contribution >= 4 is 34.3 Å². The minimum atomic E-state index is 0.00646. The van der Waals surface area contributed by atoms with Gasteiger partial charge in [0.2, 0.25) is 5.91 Å². The van der Waals surface area contributed by atoms with Gasteiger partial charge in [0, 0.05) is 6.04 Å². The average Bonchev–Trinajstić information content (AvgIpc) is 3.02. The SMILES string of the molecule is CC[C@H](C)NC(=O)CSc1nc2ccccc2n2cnnc12. The number of hydrogen-bond acceptors (Lipinski definition) is 5. The predicted octanol–water partition coefficient (Wildman–Crippen LogP) is 2.28. The van der Waals surface area contributed by atoms with Gasteiger partial charge in [0.05, 0.1) is 16.8 Å². The summed E-state index contributed by atoms with van der Waals surface area (Å²) in [6, 6.07) is 8.00. The molecule has 0 saturated carbocycles. The van der Waals surface area contributed by atoms with Crippen LogP contribution in [-0.2, 0) is 4.79 Å². The van der Waals surface area contributed by atoms with E-state index in [0.29, 0.717) is 11.4 Å². The highest BCUT2D eigenvalue weighted by Crippen LogP contribution is 2.24. The van der Waals surface area contributed by atoms with E-state index in [2.05, 4.69) is 20.5 Å². The van der Waals surface area contributed by atoms with Gasteiger partial charge >= 0.3 is 0 Å². The first-order valence-electron chi connectivity index (χ1n) is 7.19. The summed E-state index contributed by atoms with van der Waals surface area (Å²) in [6.07, 6.45) is 2.59. The molecule has 1 aromatic carbocycles. The molecule has 114 valence electrons. The van der Waals surface area contributed by atoms with Crippen LogP contribution >= 0.6 is 11.8 Å². The number of aromatic nitrogens is 4. The first kappa shape index (κ1) is 14.8. The Kier molecular flexibility index (Phi) is 4.24. The normalized spacial score (nSPS) is 12.6. The van der Waals surface area contributed by atoms with Crippen LogP contribution in [0, 0.1) is 0 Å². The number of benzene rings is 1. The molecule has 6 nitrogen and oxygen atoms in total. The Balaban J connectivity index is 1.86. The zero-order valence-electron chi connectivity index (χ0n) is 12.5. The van der Waals surface area contributed by atoms with Crippen LogP contribution in [0.2, 0.25) is 0 Å². The highest BCUT2D eigenvalue weighted by atomic mass is 32.2. The maximum Gasteiger partial charge on any atom is 0.230 e. The summed E-state index contributed by atoms with van der Waals surface area (Å²) in [6.45, 7) is 4.04. The van der Waals surface area contributed by atoms with E-state index >= 15 is 0 Å². The van der Waals surface area contributed by atoms with Crippen LogP contribution in [0.3, 0.4) is 0 Å². The Bertz CT molecular complexity index is 816. The molecule has 0 aliphatic rings. The molecule has 0 fully saturated rings. The number of para-hydroxylation sites is 2. The maximum atomic E-state index is 11.9. The van der Waals surface area contributed by atoms with Crippen LogP contribution in [-0.4, -0.2) is 37.3 Å². The quantitative estimate of drug-likeness (QED) is 0.731. The first-order chi connectivity index (χ1) is 10.7. The van der Waals surface area contributed by atoms with Crippen LogP contribution < -0.4 is 5.32 Å². The first-order valence-corrected chi connectivity index (χ1v) is 8.18. The average molecular weight is 315 g/mol. The van der Waals surface area contributed by atoms with Crippen molar-refractivity contribution in [2.24, 2.45) is 0 Å². The fourth-order valence-electron chi connectivity index (χ4n) is 2.13. The molecule has 0 unspecified atom stereocenters. The number of nitrogens with one attached hydrogen (secondary N) is 1. The maximum absolute atomic E-state index is 11.9. The van der Waals surface area contributed by atoms with Crippen molar-refractivity contribution in [2.45, 2.75) is 31.3 Å². The lowest BCUT2D eigenvalue weighted by Gasteiger charge is -2.11. The van der Waals surface area contributed by atoms with Crippen molar-refractivity contribution in [1.29, 1.82) is 0 Å². The second-order valence-electron chi connectivity index (χ2n) is 5.10. The molecule has 0 aliphatic carbocycles. The number of hydrogen-bond donors (Lipinski definition) is 1. The summed E-state index contributed by atoms with van der Waals surface area (Å²) in [7, 11) is 0. The van der Waals surface area contributed by atoms with Gasteiger partial charge in [0.1, 0.15) is 11.4 Å². The fraction of sp³-hybridized carbons (Fsp3) is 0.333. The molecule has 0 spiro atoms. The Morgan fingerprint density at radius 3 is 3.05 bits per heavy atom. The zero-order valence-corrected chi connectivity index (χ0v) is 13.3. The zero-order chi connectivity index (χ0) is 15.5. The molecule has 0 radical (unpaired) electrons. The molecule has 2 aromatic heterocycles. The Morgan fingerprint density at radius 1 is 1.41 bits per heavy atom. The molecule has 0 bridgehead atoms. The molecule has 0 aliphatic heterocycles. The molecule has 3 rings (SSSR count). The third-order valence-electron chi connectivity index (χ3n) is 3.46. The van der Waals surface area contributed by atoms with Gasteiger partial charge in [0.15, 0.2) is 5.65 Å². The van der Waals surface area contributed by atoms with E-state index < -0.39 is 0 Å². The van der Waals surface area contributed by atoms with Crippen molar-refractivity contribution in [2.75, 3.05) is 5.75 Å². The van der Waals surface area contributed by atoms with Crippen LogP contribution in [0.5, 0.6) is 0 Å². The summed E-state index contributed by atoms with van der Waals surface area (Å²) in [5.74, 6) is 0.324. The van der Waals surface area contributed by atoms with Gasteiger partial charge in [-0.3, -0.25) is 9.20 Å². The second-order valence-corrected chi connectivity index (χ2v) is 6.06. The van der Waals surface area contributed by atoms with Gasteiger partial charge in [-0.15, -0.1) is 10.2 Å². The van der Waals surface area contributed by atoms with Crippen LogP contribution in [0.4, 0.5) is 0 Å². The van der Waals surface area contributed by atoms with Crippen molar-refractivity contribution in [3.8, 4) is 0 Å². The molecule has 22 heavy (non-hydrogen) atoms. The van der Waals surface area contributed by atoms with E-state index in [1.807, 2.05) is 42.5 Å². The molecular formula is C15H17N5OS. The highest BCUT2D eigenvalue weighted by Gasteiger charge is 2.13. The number of fused-ring (bicyclic) bond motifs is 3. The molecule has 2 heterocycles. The number of thioether (sulfide) groups is 1. The Labute approximate surface area is 132 Å². The van der Waals surface area contributed by atoms with Crippen LogP contribution in [0.25, 0.3) is 16.7 Å². The monoisotopic (exact) mass is 315 g/mol. The minimum Gasteiger partial charge on any atom is -0.353 e. The minimum absolute atomic E-state index is 0.00646. The van der Waals surface area contributed by atoms with Gasteiger partial charge in [-0.2, -0.15) is 0 Å². The van der Waals surface area contributed by atoms with Gasteiger partial charge in [0.25, 0.3) is 0 Å². The molecular weight excluding hydrogens is 298 g/mol. The summed E-state index contributed by atoms with van der Waals surface area (Å²) >= 11 is 1.38. The lowest BCUT2D eigenvalue weighted by atomic mass is 10.3. The van der Waals surface area contributed by atoms with E-state index in [4.69, 9.17) is 0 Å². The summed E-state index contributed by atoms with van der Waals surface area (Å²) in [5.41, 5.74) is 2.50. The molecule has 1 N–H and O–H groups in total. The van der Waals surface area contributed by atoms with E-state index in [9.17, 15) is 4.79 Å². The largest absolute Gasteiger partial charge is 0.353 e. The van der Waals surface area contributed by atoms with Gasteiger partial charge in [-0.25, -0.2) is 4.98 Å². The second kappa shape index (κ2) is 6.31. The molecule has 1 amide bonds. The van der Waals surface area contributed by atoms with Gasteiger partial charge in [-0.1, -0.05) is 30.8 Å². The van der Waals surface area contributed by atoms with E-state index in [0.717, 1.165) is 22.5 Å². The van der Waals surface area contributed by atoms with Crippen molar-refractivity contribution in [3.63, 3.8) is 0 Å². The molecule has 0 saturated heterocycles. The fourth-order valence-corrected chi connectivity index (χ4v) is 2.91. The summed E-state index contributed by atoms with van der Waals surface area (Å²) < 4.78 is 1.90. The smallest absolute Gasteiger partial charge is 0.230 e. The molecule has 1 atom stereocenters. The third-order valence-corrected chi connectivity index (χ3v) is 4.42. The van der Waals surface area contributed by atoms with E-state index in [1.54, 1.807) is 6.33 Å². The van der Waals surface area contributed by atoms with Crippen molar-refractivity contribution in [1.82, 2.24) is 24.9 Å². The van der Waals surface area contributed by atoms with Gasteiger partial charge in [-0.05, 0) is 25.5 Å². The Hall–Kier alpha value is -2.15. The Morgan fingerprint density at radius 2 is 2.23 bits per heavy atom. The van der Waals surface area contributed by atoms with Crippen molar-refractivity contribution in [3.05, 3.63) is 30.6 Å². The third kappa shape index (κ3) is 2.89. The van der Waals surface area contributed by atoms with Gasteiger partial charge < -0.3 is 5.32 Å². The number of rotatable bonds is 5. The van der Waals surface area contributed by atoms with E-state index in [-0.39, 0.29) is 11.9 Å². The number of carbonyl (C=O) groups excluding carboxylic acids is 1. The topological polar surface area (TPSA) is 72.2 Å². The number of amides is 1. The molecule has 7 heteroatoms. The summed E-state index contributed by atoms with van der Waals surface area (Å²) in [4.78, 5) is 16.5. The molecule has 3 aromatic rings. The van der Waals surface area contributed by atoms with Crippen molar-refractivity contribution < 1.29 is 4.79 Å². The summed E-state index contributed by atoms with van der Waals surface area (Å²) in [5, 5.41) is 11.7.